The molecule has 0 aromatic heterocycles. The van der Waals surface area contributed by atoms with E-state index in [1.165, 1.54) is 38.6 Å². The van der Waals surface area contributed by atoms with Crippen LogP contribution in [-0.4, -0.2) is 25.3 Å². The molecule has 2 heteroatoms. The van der Waals surface area contributed by atoms with Crippen molar-refractivity contribution in [3.05, 3.63) is 0 Å². The van der Waals surface area contributed by atoms with Crippen LogP contribution in [0.4, 0.5) is 0 Å². The van der Waals surface area contributed by atoms with Gasteiger partial charge in [-0.25, -0.2) is 0 Å². The van der Waals surface area contributed by atoms with E-state index >= 15 is 0 Å². The molecule has 1 aliphatic heterocycles. The van der Waals surface area contributed by atoms with Gasteiger partial charge in [0.15, 0.2) is 0 Å². The molecule has 3 atom stereocenters. The summed E-state index contributed by atoms with van der Waals surface area (Å²) in [5.74, 6) is 0.793. The van der Waals surface area contributed by atoms with Crippen LogP contribution in [0.5, 0.6) is 0 Å². The van der Waals surface area contributed by atoms with Crippen molar-refractivity contribution in [1.82, 2.24) is 5.32 Å². The van der Waals surface area contributed by atoms with Crippen molar-refractivity contribution in [2.75, 3.05) is 13.2 Å². The van der Waals surface area contributed by atoms with Crippen molar-refractivity contribution in [1.29, 1.82) is 0 Å². The quantitative estimate of drug-likeness (QED) is 0.702. The van der Waals surface area contributed by atoms with Crippen LogP contribution in [-0.2, 0) is 4.74 Å². The van der Waals surface area contributed by atoms with Crippen molar-refractivity contribution >= 4 is 0 Å². The van der Waals surface area contributed by atoms with Crippen molar-refractivity contribution in [3.8, 4) is 0 Å². The van der Waals surface area contributed by atoms with E-state index in [-0.39, 0.29) is 0 Å². The minimum absolute atomic E-state index is 0.353. The van der Waals surface area contributed by atoms with Crippen LogP contribution in [0.2, 0.25) is 0 Å². The fourth-order valence-corrected chi connectivity index (χ4v) is 3.55. The Morgan fingerprint density at radius 1 is 1.25 bits per heavy atom. The summed E-state index contributed by atoms with van der Waals surface area (Å²) < 4.78 is 5.80. The predicted molar refractivity (Wildman–Crippen MR) is 67.6 cm³/mol. The molecule has 0 radical (unpaired) electrons. The van der Waals surface area contributed by atoms with E-state index in [9.17, 15) is 0 Å². The fourth-order valence-electron chi connectivity index (χ4n) is 3.55. The molecule has 3 unspecified atom stereocenters. The summed E-state index contributed by atoms with van der Waals surface area (Å²) in [5, 5.41) is 3.76. The zero-order valence-electron chi connectivity index (χ0n) is 11.1. The minimum atomic E-state index is 0.353. The number of nitrogens with one attached hydrogen (secondary N) is 1. The Hall–Kier alpha value is -0.0800. The highest BCUT2D eigenvalue weighted by Gasteiger charge is 2.58. The molecule has 0 amide bonds. The van der Waals surface area contributed by atoms with Crippen LogP contribution in [0.15, 0.2) is 0 Å². The molecule has 2 fully saturated rings. The number of unbranched alkanes of at least 4 members (excludes halogenated alkanes) is 3. The van der Waals surface area contributed by atoms with Gasteiger partial charge in [0.05, 0.1) is 6.10 Å². The Kier molecular flexibility index (Phi) is 3.91. The number of hydrogen-bond donors (Lipinski definition) is 1. The van der Waals surface area contributed by atoms with Crippen LogP contribution in [0.1, 0.15) is 52.9 Å². The summed E-state index contributed by atoms with van der Waals surface area (Å²) in [6, 6.07) is 0.696. The summed E-state index contributed by atoms with van der Waals surface area (Å²) in [4.78, 5) is 0. The Bertz CT molecular complexity index is 227. The molecule has 1 N–H and O–H groups in total. The van der Waals surface area contributed by atoms with E-state index in [1.54, 1.807) is 0 Å². The standard InChI is InChI=1S/C14H27NO/c1-4-5-6-7-9-15-12-11-8-10-16-13(11)14(12,2)3/h11-13,15H,4-10H2,1-3H3. The monoisotopic (exact) mass is 225 g/mol. The first-order chi connectivity index (χ1) is 7.68. The van der Waals surface area contributed by atoms with E-state index in [1.807, 2.05) is 0 Å². The molecule has 1 aliphatic carbocycles. The second-order valence-electron chi connectivity index (χ2n) is 6.06. The highest BCUT2D eigenvalue weighted by Crippen LogP contribution is 2.51. The fraction of sp³-hybridized carbons (Fsp3) is 1.00. The van der Waals surface area contributed by atoms with Gasteiger partial charge >= 0.3 is 0 Å². The molecule has 2 nitrogen and oxygen atoms in total. The van der Waals surface area contributed by atoms with E-state index < -0.39 is 0 Å². The lowest BCUT2D eigenvalue weighted by Crippen LogP contribution is -2.65. The third kappa shape index (κ3) is 2.14. The Balaban J connectivity index is 1.69. The molecule has 2 aliphatic rings. The molecule has 1 saturated heterocycles. The highest BCUT2D eigenvalue weighted by molar-refractivity contribution is 5.11. The van der Waals surface area contributed by atoms with Crippen LogP contribution >= 0.6 is 0 Å². The minimum Gasteiger partial charge on any atom is -0.377 e. The van der Waals surface area contributed by atoms with Gasteiger partial charge in [-0.2, -0.15) is 0 Å². The van der Waals surface area contributed by atoms with Crippen molar-refractivity contribution in [3.63, 3.8) is 0 Å². The van der Waals surface area contributed by atoms with Gasteiger partial charge in [-0.3, -0.25) is 0 Å². The zero-order chi connectivity index (χ0) is 11.6. The third-order valence-corrected chi connectivity index (χ3v) is 4.50. The maximum atomic E-state index is 5.80. The van der Waals surface area contributed by atoms with Crippen LogP contribution in [0.3, 0.4) is 0 Å². The molecule has 94 valence electrons. The second-order valence-corrected chi connectivity index (χ2v) is 6.06. The van der Waals surface area contributed by atoms with Gasteiger partial charge in [-0.15, -0.1) is 0 Å². The first kappa shape index (κ1) is 12.4. The maximum absolute atomic E-state index is 5.80. The van der Waals surface area contributed by atoms with Gasteiger partial charge in [0.1, 0.15) is 0 Å². The number of ether oxygens (including phenoxy) is 1. The largest absolute Gasteiger partial charge is 0.377 e. The number of fused-ring (bicyclic) bond motifs is 1. The molecule has 16 heavy (non-hydrogen) atoms. The highest BCUT2D eigenvalue weighted by atomic mass is 16.5. The molecular formula is C14H27NO. The van der Waals surface area contributed by atoms with E-state index in [2.05, 4.69) is 26.1 Å². The molecule has 0 aromatic rings. The summed E-state index contributed by atoms with van der Waals surface area (Å²) in [6.07, 6.45) is 7.21. The average molecular weight is 225 g/mol. The topological polar surface area (TPSA) is 21.3 Å². The van der Waals surface area contributed by atoms with Gasteiger partial charge in [-0.05, 0) is 19.4 Å². The van der Waals surface area contributed by atoms with Gasteiger partial charge in [0.25, 0.3) is 0 Å². The van der Waals surface area contributed by atoms with Gasteiger partial charge in [0.2, 0.25) is 0 Å². The molecule has 1 saturated carbocycles. The first-order valence-corrected chi connectivity index (χ1v) is 7.03. The maximum Gasteiger partial charge on any atom is 0.0685 e. The summed E-state index contributed by atoms with van der Waals surface area (Å²) in [7, 11) is 0. The SMILES string of the molecule is CCCCCCNC1C2CCOC2C1(C)C. The van der Waals surface area contributed by atoms with Gasteiger partial charge in [0, 0.05) is 24.0 Å². The van der Waals surface area contributed by atoms with Gasteiger partial charge in [-0.1, -0.05) is 40.0 Å². The lowest BCUT2D eigenvalue weighted by atomic mass is 9.57. The molecular weight excluding hydrogens is 198 g/mol. The lowest BCUT2D eigenvalue weighted by molar-refractivity contribution is -0.112. The van der Waals surface area contributed by atoms with E-state index in [0.717, 1.165) is 12.5 Å². The second kappa shape index (κ2) is 5.05. The molecule has 1 heterocycles. The number of hydrogen-bond acceptors (Lipinski definition) is 2. The Morgan fingerprint density at radius 3 is 2.81 bits per heavy atom. The third-order valence-electron chi connectivity index (χ3n) is 4.50. The van der Waals surface area contributed by atoms with E-state index in [0.29, 0.717) is 17.6 Å². The Morgan fingerprint density at radius 2 is 2.06 bits per heavy atom. The summed E-state index contributed by atoms with van der Waals surface area (Å²) in [6.45, 7) is 9.14. The zero-order valence-corrected chi connectivity index (χ0v) is 11.1. The van der Waals surface area contributed by atoms with Crippen molar-refractivity contribution < 1.29 is 4.74 Å². The molecule has 0 spiro atoms. The summed E-state index contributed by atoms with van der Waals surface area (Å²) in [5.41, 5.74) is 0.353. The summed E-state index contributed by atoms with van der Waals surface area (Å²) >= 11 is 0. The Labute approximate surface area is 100 Å². The van der Waals surface area contributed by atoms with Crippen LogP contribution < -0.4 is 5.32 Å². The molecule has 0 aromatic carbocycles. The van der Waals surface area contributed by atoms with Gasteiger partial charge < -0.3 is 10.1 Å². The normalized spacial score (nSPS) is 35.8. The van der Waals surface area contributed by atoms with E-state index in [4.69, 9.17) is 4.74 Å². The van der Waals surface area contributed by atoms with Crippen molar-refractivity contribution in [2.45, 2.75) is 65.0 Å². The smallest absolute Gasteiger partial charge is 0.0685 e. The van der Waals surface area contributed by atoms with Crippen LogP contribution in [0, 0.1) is 11.3 Å². The first-order valence-electron chi connectivity index (χ1n) is 7.03. The molecule has 0 bridgehead atoms. The predicted octanol–water partition coefficient (Wildman–Crippen LogP) is 2.97. The number of rotatable bonds is 6. The lowest BCUT2D eigenvalue weighted by Gasteiger charge is -2.55. The van der Waals surface area contributed by atoms with Crippen LogP contribution in [0.25, 0.3) is 0 Å². The molecule has 2 rings (SSSR count). The van der Waals surface area contributed by atoms with Crippen molar-refractivity contribution in [2.24, 2.45) is 11.3 Å². The average Bonchev–Trinajstić information content (AvgIpc) is 2.69.